The summed E-state index contributed by atoms with van der Waals surface area (Å²) in [6.45, 7) is 4.27. The average Bonchev–Trinajstić information content (AvgIpc) is 2.88. The number of anilines is 1. The standard InChI is InChI=1S/C13H18N6/c1-13(7-9-14-10-8-13)15-12-16-17-18-19(12)11-5-3-2-4-6-11/h2-6,14H,7-10H2,1H3,(H,15,16,18). The Bertz CT molecular complexity index is 529. The molecule has 0 amide bonds. The van der Waals surface area contributed by atoms with Crippen molar-refractivity contribution in [2.75, 3.05) is 18.4 Å². The van der Waals surface area contributed by atoms with E-state index in [4.69, 9.17) is 0 Å². The van der Waals surface area contributed by atoms with Gasteiger partial charge in [0.25, 0.3) is 0 Å². The molecule has 1 fully saturated rings. The van der Waals surface area contributed by atoms with Gasteiger partial charge in [0.1, 0.15) is 0 Å². The molecule has 0 radical (unpaired) electrons. The van der Waals surface area contributed by atoms with Crippen molar-refractivity contribution in [3.05, 3.63) is 30.3 Å². The fraction of sp³-hybridized carbons (Fsp3) is 0.462. The van der Waals surface area contributed by atoms with E-state index in [0.29, 0.717) is 5.95 Å². The van der Waals surface area contributed by atoms with Crippen LogP contribution >= 0.6 is 0 Å². The Balaban J connectivity index is 1.84. The lowest BCUT2D eigenvalue weighted by atomic mass is 9.91. The van der Waals surface area contributed by atoms with E-state index in [9.17, 15) is 0 Å². The molecular formula is C13H18N6. The highest BCUT2D eigenvalue weighted by atomic mass is 15.6. The number of nitrogens with zero attached hydrogens (tertiary/aromatic N) is 4. The molecule has 1 aliphatic rings. The van der Waals surface area contributed by atoms with E-state index in [2.05, 4.69) is 33.1 Å². The van der Waals surface area contributed by atoms with Gasteiger partial charge in [0.2, 0.25) is 5.95 Å². The van der Waals surface area contributed by atoms with Crippen molar-refractivity contribution >= 4 is 5.95 Å². The molecule has 0 unspecified atom stereocenters. The van der Waals surface area contributed by atoms with Gasteiger partial charge >= 0.3 is 0 Å². The monoisotopic (exact) mass is 258 g/mol. The molecule has 6 heteroatoms. The highest BCUT2D eigenvalue weighted by Crippen LogP contribution is 2.23. The van der Waals surface area contributed by atoms with Gasteiger partial charge in [0.05, 0.1) is 5.69 Å². The summed E-state index contributed by atoms with van der Waals surface area (Å²) in [6, 6.07) is 9.92. The first kappa shape index (κ1) is 12.1. The van der Waals surface area contributed by atoms with Gasteiger partial charge in [0, 0.05) is 5.54 Å². The largest absolute Gasteiger partial charge is 0.348 e. The van der Waals surface area contributed by atoms with Crippen LogP contribution in [0.4, 0.5) is 5.95 Å². The van der Waals surface area contributed by atoms with E-state index in [-0.39, 0.29) is 5.54 Å². The Morgan fingerprint density at radius 3 is 2.68 bits per heavy atom. The second-order valence-electron chi connectivity index (χ2n) is 5.19. The van der Waals surface area contributed by atoms with E-state index in [0.717, 1.165) is 31.6 Å². The predicted molar refractivity (Wildman–Crippen MR) is 73.3 cm³/mol. The third-order valence-corrected chi connectivity index (χ3v) is 3.59. The van der Waals surface area contributed by atoms with Crippen molar-refractivity contribution in [3.8, 4) is 5.69 Å². The van der Waals surface area contributed by atoms with Crippen LogP contribution in [0.2, 0.25) is 0 Å². The highest BCUT2D eigenvalue weighted by molar-refractivity contribution is 5.40. The summed E-state index contributed by atoms with van der Waals surface area (Å²) in [6.07, 6.45) is 2.13. The first-order valence-electron chi connectivity index (χ1n) is 6.60. The first-order valence-corrected chi connectivity index (χ1v) is 6.60. The van der Waals surface area contributed by atoms with E-state index in [1.807, 2.05) is 30.3 Å². The van der Waals surface area contributed by atoms with Crippen molar-refractivity contribution in [2.45, 2.75) is 25.3 Å². The molecule has 6 nitrogen and oxygen atoms in total. The Morgan fingerprint density at radius 2 is 1.95 bits per heavy atom. The zero-order valence-corrected chi connectivity index (χ0v) is 11.0. The fourth-order valence-electron chi connectivity index (χ4n) is 2.38. The van der Waals surface area contributed by atoms with Gasteiger partial charge in [-0.25, -0.2) is 0 Å². The zero-order valence-electron chi connectivity index (χ0n) is 11.0. The van der Waals surface area contributed by atoms with Gasteiger partial charge in [-0.1, -0.05) is 23.3 Å². The van der Waals surface area contributed by atoms with Crippen molar-refractivity contribution in [1.82, 2.24) is 25.5 Å². The normalized spacial score (nSPS) is 18.2. The third kappa shape index (κ3) is 2.58. The number of piperidine rings is 1. The number of rotatable bonds is 3. The molecule has 0 atom stereocenters. The summed E-state index contributed by atoms with van der Waals surface area (Å²) in [4.78, 5) is 0. The smallest absolute Gasteiger partial charge is 0.248 e. The van der Waals surface area contributed by atoms with Gasteiger partial charge in [-0.05, 0) is 55.4 Å². The Kier molecular flexibility index (Phi) is 3.16. The molecule has 1 aromatic carbocycles. The van der Waals surface area contributed by atoms with Gasteiger partial charge in [-0.2, -0.15) is 4.68 Å². The van der Waals surface area contributed by atoms with Crippen molar-refractivity contribution in [1.29, 1.82) is 0 Å². The maximum absolute atomic E-state index is 4.10. The molecule has 2 aromatic rings. The number of para-hydroxylation sites is 1. The number of benzene rings is 1. The van der Waals surface area contributed by atoms with Gasteiger partial charge in [0.15, 0.2) is 0 Å². The maximum Gasteiger partial charge on any atom is 0.248 e. The van der Waals surface area contributed by atoms with Crippen LogP contribution < -0.4 is 10.6 Å². The number of tetrazole rings is 1. The molecule has 0 saturated carbocycles. The number of nitrogens with one attached hydrogen (secondary N) is 2. The zero-order chi connectivity index (χ0) is 13.1. The predicted octanol–water partition coefficient (Wildman–Crippen LogP) is 1.22. The van der Waals surface area contributed by atoms with Gasteiger partial charge in [-0.15, -0.1) is 0 Å². The summed E-state index contributed by atoms with van der Waals surface area (Å²) in [5, 5.41) is 18.8. The molecule has 0 spiro atoms. The molecule has 3 rings (SSSR count). The van der Waals surface area contributed by atoms with E-state index in [1.54, 1.807) is 4.68 Å². The molecular weight excluding hydrogens is 240 g/mol. The second kappa shape index (κ2) is 4.97. The fourth-order valence-corrected chi connectivity index (χ4v) is 2.38. The van der Waals surface area contributed by atoms with Crippen molar-refractivity contribution in [3.63, 3.8) is 0 Å². The Hall–Kier alpha value is -1.95. The SMILES string of the molecule is CC1(Nc2nnnn2-c2ccccc2)CCNCC1. The number of hydrogen-bond donors (Lipinski definition) is 2. The molecule has 1 aliphatic heterocycles. The third-order valence-electron chi connectivity index (χ3n) is 3.59. The van der Waals surface area contributed by atoms with Crippen LogP contribution in [0.3, 0.4) is 0 Å². The Morgan fingerprint density at radius 1 is 1.21 bits per heavy atom. The lowest BCUT2D eigenvalue weighted by molar-refractivity contribution is 0.362. The maximum atomic E-state index is 4.10. The lowest BCUT2D eigenvalue weighted by Crippen LogP contribution is -2.45. The average molecular weight is 258 g/mol. The lowest BCUT2D eigenvalue weighted by Gasteiger charge is -2.34. The second-order valence-corrected chi connectivity index (χ2v) is 5.19. The minimum Gasteiger partial charge on any atom is -0.348 e. The number of hydrogen-bond acceptors (Lipinski definition) is 5. The summed E-state index contributed by atoms with van der Waals surface area (Å²) in [5.41, 5.74) is 1.01. The van der Waals surface area contributed by atoms with Gasteiger partial charge < -0.3 is 10.6 Å². The van der Waals surface area contributed by atoms with E-state index < -0.39 is 0 Å². The highest BCUT2D eigenvalue weighted by Gasteiger charge is 2.28. The molecule has 19 heavy (non-hydrogen) atoms. The van der Waals surface area contributed by atoms with Crippen LogP contribution in [0.15, 0.2) is 30.3 Å². The van der Waals surface area contributed by atoms with E-state index >= 15 is 0 Å². The summed E-state index contributed by atoms with van der Waals surface area (Å²) >= 11 is 0. The molecule has 1 saturated heterocycles. The Labute approximate surface area is 112 Å². The minimum absolute atomic E-state index is 0.0481. The molecule has 0 bridgehead atoms. The van der Waals surface area contributed by atoms with Crippen LogP contribution in [0.5, 0.6) is 0 Å². The van der Waals surface area contributed by atoms with E-state index in [1.165, 1.54) is 0 Å². The topological polar surface area (TPSA) is 67.7 Å². The molecule has 2 N–H and O–H groups in total. The van der Waals surface area contributed by atoms with Crippen molar-refractivity contribution in [2.24, 2.45) is 0 Å². The van der Waals surface area contributed by atoms with Crippen LogP contribution in [-0.4, -0.2) is 38.8 Å². The first-order chi connectivity index (χ1) is 9.27. The van der Waals surface area contributed by atoms with Crippen LogP contribution in [0, 0.1) is 0 Å². The molecule has 0 aliphatic carbocycles. The van der Waals surface area contributed by atoms with Crippen LogP contribution in [-0.2, 0) is 0 Å². The molecule has 1 aromatic heterocycles. The minimum atomic E-state index is 0.0481. The quantitative estimate of drug-likeness (QED) is 0.866. The summed E-state index contributed by atoms with van der Waals surface area (Å²) < 4.78 is 1.74. The van der Waals surface area contributed by atoms with Gasteiger partial charge in [-0.3, -0.25) is 0 Å². The number of aromatic nitrogens is 4. The summed E-state index contributed by atoms with van der Waals surface area (Å²) in [7, 11) is 0. The van der Waals surface area contributed by atoms with Crippen LogP contribution in [0.1, 0.15) is 19.8 Å². The molecule has 100 valence electrons. The molecule has 2 heterocycles. The van der Waals surface area contributed by atoms with Crippen LogP contribution in [0.25, 0.3) is 5.69 Å². The van der Waals surface area contributed by atoms with Crippen molar-refractivity contribution < 1.29 is 0 Å². The summed E-state index contributed by atoms with van der Waals surface area (Å²) in [5.74, 6) is 0.704.